The molecule has 0 unspecified atom stereocenters. The maximum Gasteiger partial charge on any atom is 0.231 e. The van der Waals surface area contributed by atoms with E-state index in [9.17, 15) is 10.3 Å². The molecule has 1 aromatic rings. The number of pyridine rings is 1. The van der Waals surface area contributed by atoms with Crippen molar-refractivity contribution in [2.24, 2.45) is 0 Å². The minimum atomic E-state index is -0.399. The molecule has 0 bridgehead atoms. The second-order valence-corrected chi connectivity index (χ2v) is 2.71. The van der Waals surface area contributed by atoms with E-state index in [2.05, 4.69) is 0 Å². The average Bonchev–Trinajstić information content (AvgIpc) is 2.13. The summed E-state index contributed by atoms with van der Waals surface area (Å²) in [5.74, 6) is -0.260. The van der Waals surface area contributed by atoms with Crippen molar-refractivity contribution in [1.82, 2.24) is 0 Å². The van der Waals surface area contributed by atoms with Gasteiger partial charge >= 0.3 is 0 Å². The van der Waals surface area contributed by atoms with Crippen molar-refractivity contribution in [3.05, 3.63) is 28.2 Å². The molecule has 5 nitrogen and oxygen atoms in total. The topological polar surface area (TPSA) is 87.6 Å². The van der Waals surface area contributed by atoms with Crippen LogP contribution in [-0.4, -0.2) is 15.3 Å². The molecule has 0 saturated heterocycles. The van der Waals surface area contributed by atoms with Crippen LogP contribution in [0.25, 0.3) is 0 Å². The first kappa shape index (κ1) is 13.3. The fourth-order valence-corrected chi connectivity index (χ4v) is 1.10. The van der Waals surface area contributed by atoms with Crippen LogP contribution >= 0.6 is 0 Å². The number of aliphatic hydroxyl groups excluding tert-OH is 2. The summed E-state index contributed by atoms with van der Waals surface area (Å²) < 4.78 is 0.458. The third-order valence-electron chi connectivity index (χ3n) is 1.95. The van der Waals surface area contributed by atoms with Gasteiger partial charge in [0.15, 0.2) is 11.9 Å². The molecule has 0 aliphatic carbocycles. The molecule has 1 aromatic heterocycles. The van der Waals surface area contributed by atoms with Gasteiger partial charge in [-0.15, -0.1) is 0 Å². The van der Waals surface area contributed by atoms with Gasteiger partial charge in [-0.25, -0.2) is 0 Å². The Morgan fingerprint density at radius 3 is 2.36 bits per heavy atom. The van der Waals surface area contributed by atoms with E-state index in [1.54, 1.807) is 0 Å². The Labute approximate surface area is 94.0 Å². The molecule has 1 rings (SSSR count). The molecule has 74 valence electrons. The first-order valence-corrected chi connectivity index (χ1v) is 3.77. The second-order valence-electron chi connectivity index (χ2n) is 2.71. The number of aromatic hydroxyl groups is 1. The van der Waals surface area contributed by atoms with Gasteiger partial charge < -0.3 is 20.5 Å². The van der Waals surface area contributed by atoms with Crippen LogP contribution in [0.1, 0.15) is 16.8 Å². The molecular weight excluding hydrogens is 239 g/mol. The maximum atomic E-state index is 11.1. The van der Waals surface area contributed by atoms with Crippen molar-refractivity contribution in [1.29, 1.82) is 0 Å². The van der Waals surface area contributed by atoms with E-state index in [-0.39, 0.29) is 48.7 Å². The van der Waals surface area contributed by atoms with Crippen molar-refractivity contribution < 1.29 is 39.5 Å². The Hall–Kier alpha value is -0.707. The third-order valence-corrected chi connectivity index (χ3v) is 1.95. The van der Waals surface area contributed by atoms with Crippen molar-refractivity contribution >= 4 is 0 Å². The molecule has 0 aromatic carbocycles. The molecule has 0 aliphatic heterocycles. The number of aromatic nitrogens is 1. The summed E-state index contributed by atoms with van der Waals surface area (Å²) in [6, 6.07) is 0. The molecule has 0 saturated carbocycles. The number of hydrogen-bond donors (Lipinski definition) is 3. The fourth-order valence-electron chi connectivity index (χ4n) is 1.10. The maximum absolute atomic E-state index is 11.1. The summed E-state index contributed by atoms with van der Waals surface area (Å²) in [5, 5.41) is 38.1. The monoisotopic (exact) mass is 249 g/mol. The van der Waals surface area contributed by atoms with Gasteiger partial charge in [-0.2, -0.15) is 4.73 Å². The van der Waals surface area contributed by atoms with Gasteiger partial charge in [-0.1, -0.05) is 0 Å². The van der Waals surface area contributed by atoms with Gasteiger partial charge in [0, 0.05) is 32.0 Å². The van der Waals surface area contributed by atoms with Gasteiger partial charge in [-0.3, -0.25) is 0 Å². The summed E-state index contributed by atoms with van der Waals surface area (Å²) >= 11 is 0. The Morgan fingerprint density at radius 2 is 1.93 bits per heavy atom. The van der Waals surface area contributed by atoms with E-state index in [1.165, 1.54) is 6.92 Å². The first-order chi connectivity index (χ1) is 6.11. The predicted octanol–water partition coefficient (Wildman–Crippen LogP) is -0.684. The van der Waals surface area contributed by atoms with E-state index >= 15 is 0 Å². The minimum Gasteiger partial charge on any atom is -0.618 e. The van der Waals surface area contributed by atoms with Crippen molar-refractivity contribution in [3.8, 4) is 5.75 Å². The molecule has 1 heterocycles. The predicted molar refractivity (Wildman–Crippen MR) is 43.6 cm³/mol. The second kappa shape index (κ2) is 5.24. The van der Waals surface area contributed by atoms with E-state index in [0.29, 0.717) is 4.73 Å². The normalized spacial score (nSPS) is 9.64. The molecule has 6 heteroatoms. The molecule has 14 heavy (non-hydrogen) atoms. The molecule has 0 fully saturated rings. The quantitative estimate of drug-likeness (QED) is 0.369. The van der Waals surface area contributed by atoms with Crippen molar-refractivity contribution in [2.45, 2.75) is 20.1 Å². The van der Waals surface area contributed by atoms with E-state index < -0.39 is 6.61 Å². The molecule has 0 atom stereocenters. The van der Waals surface area contributed by atoms with Crippen molar-refractivity contribution in [3.63, 3.8) is 0 Å². The van der Waals surface area contributed by atoms with Crippen LogP contribution in [0.15, 0.2) is 6.20 Å². The van der Waals surface area contributed by atoms with Crippen molar-refractivity contribution in [2.75, 3.05) is 0 Å². The molecule has 0 spiro atoms. The zero-order chi connectivity index (χ0) is 10.0. The first-order valence-electron chi connectivity index (χ1n) is 3.77. The average molecular weight is 251 g/mol. The number of rotatable bonds is 2. The van der Waals surface area contributed by atoms with Gasteiger partial charge in [-0.05, 0) is 0 Å². The Kier molecular flexibility index (Phi) is 4.98. The zero-order valence-electron chi connectivity index (χ0n) is 7.90. The van der Waals surface area contributed by atoms with Crippen LogP contribution in [0.5, 0.6) is 5.75 Å². The van der Waals surface area contributed by atoms with Crippen LogP contribution < -0.4 is 4.73 Å². The van der Waals surface area contributed by atoms with Crippen LogP contribution in [0.3, 0.4) is 0 Å². The van der Waals surface area contributed by atoms with Gasteiger partial charge in [0.1, 0.15) is 0 Å². The molecule has 0 amide bonds. The van der Waals surface area contributed by atoms with Crippen LogP contribution in [0.4, 0.5) is 0 Å². The van der Waals surface area contributed by atoms with Crippen LogP contribution in [0, 0.1) is 12.1 Å². The summed E-state index contributed by atoms with van der Waals surface area (Å²) in [5.41, 5.74) is 0.550. The number of nitrogens with zero attached hydrogens (tertiary/aromatic N) is 1. The Bertz CT molecular complexity index is 330. The van der Waals surface area contributed by atoms with Gasteiger partial charge in [0.25, 0.3) is 0 Å². The van der Waals surface area contributed by atoms with Crippen LogP contribution in [0.2, 0.25) is 0 Å². The number of aliphatic hydroxyl groups is 2. The Balaban J connectivity index is 0.00000169. The molecule has 0 aliphatic rings. The van der Waals surface area contributed by atoms with Gasteiger partial charge in [0.2, 0.25) is 5.69 Å². The summed E-state index contributed by atoms with van der Waals surface area (Å²) in [4.78, 5) is 0. The van der Waals surface area contributed by atoms with E-state index in [1.807, 2.05) is 0 Å². The largest absolute Gasteiger partial charge is 0.618 e. The van der Waals surface area contributed by atoms with E-state index in [4.69, 9.17) is 10.2 Å². The summed E-state index contributed by atoms with van der Waals surface area (Å²) in [6.45, 7) is 0.651. The van der Waals surface area contributed by atoms with E-state index in [0.717, 1.165) is 6.20 Å². The molecular formula is C8H11NO4Zn. The smallest absolute Gasteiger partial charge is 0.231 e. The summed E-state index contributed by atoms with van der Waals surface area (Å²) in [6.07, 6.45) is 1.14. The Morgan fingerprint density at radius 1 is 1.36 bits per heavy atom. The third kappa shape index (κ3) is 2.21. The molecule has 0 radical (unpaired) electrons. The van der Waals surface area contributed by atoms with Crippen LogP contribution in [-0.2, 0) is 32.7 Å². The summed E-state index contributed by atoms with van der Waals surface area (Å²) in [7, 11) is 0. The zero-order valence-corrected chi connectivity index (χ0v) is 10.9. The standard InChI is InChI=1S/C8H11NO4.Zn/c1-5-8(12)7(4-11)6(3-10)2-9(5)13;/h2,10-12H,3-4H2,1H3;. The minimum absolute atomic E-state index is 0. The van der Waals surface area contributed by atoms with Gasteiger partial charge in [0.05, 0.1) is 18.8 Å². The SMILES string of the molecule is Cc1c(O)c(CO)c(CO)c[n+]1[O-].[Zn]. The molecule has 3 N–H and O–H groups in total. The number of hydrogen-bond acceptors (Lipinski definition) is 4. The fraction of sp³-hybridized carbons (Fsp3) is 0.375.